The fourth-order valence-electron chi connectivity index (χ4n) is 1.14. The van der Waals surface area contributed by atoms with E-state index in [1.807, 2.05) is 19.2 Å². The number of hydrogen-bond acceptors (Lipinski definition) is 4. The molecule has 88 valence electrons. The Labute approximate surface area is 96.8 Å². The number of carboxylic acids is 2. The second-order valence-electron chi connectivity index (χ2n) is 3.75. The number of carbonyl (C=O) groups is 2. The van der Waals surface area contributed by atoms with Crippen LogP contribution in [0.2, 0.25) is 0 Å². The van der Waals surface area contributed by atoms with Gasteiger partial charge in [-0.25, -0.2) is 4.98 Å². The Balaban J connectivity index is 2.78. The first kappa shape index (κ1) is 12.6. The lowest BCUT2D eigenvalue weighted by Crippen LogP contribution is -2.25. The zero-order valence-electron chi connectivity index (χ0n) is 9.01. The summed E-state index contributed by atoms with van der Waals surface area (Å²) in [6.07, 6.45) is -0.0535. The lowest BCUT2D eigenvalue weighted by Gasteiger charge is -2.04. The Hall–Kier alpha value is -1.43. The van der Waals surface area contributed by atoms with Crippen molar-refractivity contribution in [2.75, 3.05) is 0 Å². The van der Waals surface area contributed by atoms with E-state index in [-0.39, 0.29) is 12.3 Å². The van der Waals surface area contributed by atoms with Crippen LogP contribution in [0.3, 0.4) is 0 Å². The molecule has 0 atom stereocenters. The molecule has 0 unspecified atom stereocenters. The molecule has 1 aromatic heterocycles. The second-order valence-corrected chi connectivity index (χ2v) is 4.70. The summed E-state index contributed by atoms with van der Waals surface area (Å²) < 4.78 is 0. The summed E-state index contributed by atoms with van der Waals surface area (Å²) in [4.78, 5) is 25.6. The van der Waals surface area contributed by atoms with Gasteiger partial charge in [-0.15, -0.1) is 11.3 Å². The fourth-order valence-corrected chi connectivity index (χ4v) is 2.14. The minimum atomic E-state index is -1.41. The topological polar surface area (TPSA) is 87.5 Å². The lowest BCUT2D eigenvalue weighted by atomic mass is 10.1. The van der Waals surface area contributed by atoms with Crippen molar-refractivity contribution in [2.24, 2.45) is 5.92 Å². The van der Waals surface area contributed by atoms with Crippen LogP contribution < -0.4 is 0 Å². The smallest absolute Gasteiger partial charge is 0.318 e. The predicted molar refractivity (Wildman–Crippen MR) is 58.7 cm³/mol. The molecule has 0 fully saturated rings. The van der Waals surface area contributed by atoms with E-state index >= 15 is 0 Å². The molecule has 0 spiro atoms. The molecule has 1 heterocycles. The average molecular weight is 243 g/mol. The summed E-state index contributed by atoms with van der Waals surface area (Å²) in [5, 5.41) is 19.8. The third kappa shape index (κ3) is 3.03. The molecule has 1 aromatic rings. The Morgan fingerprint density at radius 1 is 1.38 bits per heavy atom. The molecule has 6 heteroatoms. The maximum Gasteiger partial charge on any atom is 0.318 e. The number of thiazole rings is 1. The van der Waals surface area contributed by atoms with Crippen molar-refractivity contribution in [3.63, 3.8) is 0 Å². The van der Waals surface area contributed by atoms with Gasteiger partial charge in [-0.3, -0.25) is 9.59 Å². The number of hydrogen-bond donors (Lipinski definition) is 2. The van der Waals surface area contributed by atoms with Crippen LogP contribution in [0.4, 0.5) is 0 Å². The van der Waals surface area contributed by atoms with Crippen molar-refractivity contribution in [3.8, 4) is 0 Å². The van der Waals surface area contributed by atoms with E-state index < -0.39 is 17.9 Å². The summed E-state index contributed by atoms with van der Waals surface area (Å²) in [7, 11) is 0. The first-order valence-corrected chi connectivity index (χ1v) is 5.69. The van der Waals surface area contributed by atoms with Crippen molar-refractivity contribution in [1.82, 2.24) is 4.98 Å². The molecule has 1 rings (SSSR count). The number of rotatable bonds is 5. The van der Waals surface area contributed by atoms with Gasteiger partial charge in [-0.05, 0) is 5.92 Å². The monoisotopic (exact) mass is 243 g/mol. The van der Waals surface area contributed by atoms with E-state index in [1.54, 1.807) is 0 Å². The zero-order valence-corrected chi connectivity index (χ0v) is 9.82. The van der Waals surface area contributed by atoms with Gasteiger partial charge in [0.2, 0.25) is 0 Å². The van der Waals surface area contributed by atoms with Crippen LogP contribution in [-0.4, -0.2) is 27.1 Å². The molecule has 0 amide bonds. The van der Waals surface area contributed by atoms with Gasteiger partial charge in [0.05, 0.1) is 10.7 Å². The Morgan fingerprint density at radius 3 is 2.31 bits per heavy atom. The largest absolute Gasteiger partial charge is 0.481 e. The number of aromatic nitrogens is 1. The summed E-state index contributed by atoms with van der Waals surface area (Å²) in [5.41, 5.74) is 0.870. The normalized spacial score (nSPS) is 11.0. The Morgan fingerprint density at radius 2 is 1.94 bits per heavy atom. The first-order chi connectivity index (χ1) is 7.41. The molecule has 16 heavy (non-hydrogen) atoms. The van der Waals surface area contributed by atoms with Gasteiger partial charge in [-0.2, -0.15) is 0 Å². The molecule has 0 aliphatic rings. The number of nitrogens with zero attached hydrogens (tertiary/aromatic N) is 1. The van der Waals surface area contributed by atoms with Gasteiger partial charge in [0.1, 0.15) is 0 Å². The third-order valence-electron chi connectivity index (χ3n) is 2.14. The molecular formula is C10H13NO4S. The maximum atomic E-state index is 10.7. The summed E-state index contributed by atoms with van der Waals surface area (Å²) >= 11 is 1.30. The lowest BCUT2D eigenvalue weighted by molar-refractivity contribution is -0.154. The highest BCUT2D eigenvalue weighted by atomic mass is 32.1. The van der Waals surface area contributed by atoms with Crippen LogP contribution in [0, 0.1) is 5.92 Å². The number of aliphatic carboxylic acids is 2. The van der Waals surface area contributed by atoms with E-state index in [9.17, 15) is 9.59 Å². The van der Waals surface area contributed by atoms with Crippen LogP contribution in [0.1, 0.15) is 30.5 Å². The van der Waals surface area contributed by atoms with Gasteiger partial charge < -0.3 is 10.2 Å². The van der Waals surface area contributed by atoms with Crippen molar-refractivity contribution >= 4 is 23.3 Å². The van der Waals surface area contributed by atoms with Crippen molar-refractivity contribution in [3.05, 3.63) is 16.1 Å². The van der Waals surface area contributed by atoms with Crippen LogP contribution in [0.25, 0.3) is 0 Å². The highest BCUT2D eigenvalue weighted by Crippen LogP contribution is 2.20. The minimum absolute atomic E-state index is 0.0535. The quantitative estimate of drug-likeness (QED) is 0.767. The Kier molecular flexibility index (Phi) is 4.00. The third-order valence-corrected chi connectivity index (χ3v) is 3.03. The van der Waals surface area contributed by atoms with Gasteiger partial charge in [0.25, 0.3) is 0 Å². The summed E-state index contributed by atoms with van der Waals surface area (Å²) in [6.45, 7) is 3.95. The van der Waals surface area contributed by atoms with Crippen LogP contribution >= 0.6 is 11.3 Å². The molecule has 2 N–H and O–H groups in total. The van der Waals surface area contributed by atoms with E-state index in [0.717, 1.165) is 5.69 Å². The molecule has 0 aliphatic heterocycles. The van der Waals surface area contributed by atoms with Crippen LogP contribution in [-0.2, 0) is 16.0 Å². The highest BCUT2D eigenvalue weighted by molar-refractivity contribution is 7.09. The SMILES string of the molecule is CC(C)c1csc(CC(C(=O)O)C(=O)O)n1. The van der Waals surface area contributed by atoms with E-state index in [1.165, 1.54) is 11.3 Å². The predicted octanol–water partition coefficient (Wildman–Crippen LogP) is 1.59. The maximum absolute atomic E-state index is 10.7. The highest BCUT2D eigenvalue weighted by Gasteiger charge is 2.27. The van der Waals surface area contributed by atoms with Crippen molar-refractivity contribution in [1.29, 1.82) is 0 Å². The Bertz CT molecular complexity index is 385. The van der Waals surface area contributed by atoms with Crippen LogP contribution in [0.15, 0.2) is 5.38 Å². The van der Waals surface area contributed by atoms with E-state index in [2.05, 4.69) is 4.98 Å². The molecule has 0 radical (unpaired) electrons. The fraction of sp³-hybridized carbons (Fsp3) is 0.500. The number of carboxylic acid groups (broad SMARTS) is 2. The zero-order chi connectivity index (χ0) is 12.3. The van der Waals surface area contributed by atoms with Gasteiger partial charge >= 0.3 is 11.9 Å². The van der Waals surface area contributed by atoms with E-state index in [0.29, 0.717) is 5.01 Å². The standard InChI is InChI=1S/C10H13NO4S/c1-5(2)7-4-16-8(11-7)3-6(9(12)13)10(14)15/h4-6H,3H2,1-2H3,(H,12,13)(H,14,15). The molecule has 0 saturated heterocycles. The van der Waals surface area contributed by atoms with Gasteiger partial charge in [-0.1, -0.05) is 13.8 Å². The molecule has 0 bridgehead atoms. The first-order valence-electron chi connectivity index (χ1n) is 4.81. The van der Waals surface area contributed by atoms with Crippen molar-refractivity contribution < 1.29 is 19.8 Å². The molecular weight excluding hydrogens is 230 g/mol. The molecule has 0 aromatic carbocycles. The summed E-state index contributed by atoms with van der Waals surface area (Å²) in [6, 6.07) is 0. The van der Waals surface area contributed by atoms with Crippen LogP contribution in [0.5, 0.6) is 0 Å². The second kappa shape index (κ2) is 5.07. The molecule has 0 saturated carbocycles. The average Bonchev–Trinajstić information content (AvgIpc) is 2.61. The molecule has 0 aliphatic carbocycles. The van der Waals surface area contributed by atoms with Gasteiger partial charge in [0, 0.05) is 11.8 Å². The van der Waals surface area contributed by atoms with Gasteiger partial charge in [0.15, 0.2) is 5.92 Å². The summed E-state index contributed by atoms with van der Waals surface area (Å²) in [5.74, 6) is -3.80. The molecule has 5 nitrogen and oxygen atoms in total. The van der Waals surface area contributed by atoms with E-state index in [4.69, 9.17) is 10.2 Å². The minimum Gasteiger partial charge on any atom is -0.481 e. The van der Waals surface area contributed by atoms with Crippen molar-refractivity contribution in [2.45, 2.75) is 26.2 Å².